The Bertz CT molecular complexity index is 216. The number of hydrogen-bond acceptors (Lipinski definition) is 2. The van der Waals surface area contributed by atoms with Crippen molar-refractivity contribution in [1.29, 1.82) is 0 Å². The maximum absolute atomic E-state index is 11.6. The maximum Gasteiger partial charge on any atom is 0.162 e. The highest BCUT2D eigenvalue weighted by molar-refractivity contribution is 5.92. The van der Waals surface area contributed by atoms with Crippen LogP contribution in [-0.2, 0) is 4.79 Å². The van der Waals surface area contributed by atoms with Crippen LogP contribution in [0.2, 0.25) is 0 Å². The van der Waals surface area contributed by atoms with Crippen LogP contribution in [-0.4, -0.2) is 10.9 Å². The van der Waals surface area contributed by atoms with Crippen LogP contribution >= 0.6 is 0 Å². The van der Waals surface area contributed by atoms with Gasteiger partial charge in [0.15, 0.2) is 5.78 Å². The van der Waals surface area contributed by atoms with E-state index in [-0.39, 0.29) is 23.4 Å². The first-order chi connectivity index (χ1) is 6.40. The van der Waals surface area contributed by atoms with E-state index in [0.29, 0.717) is 5.92 Å². The van der Waals surface area contributed by atoms with Gasteiger partial charge in [-0.1, -0.05) is 41.0 Å². The fraction of sp³-hybridized carbons (Fsp3) is 0.750. The van der Waals surface area contributed by atoms with Crippen LogP contribution in [0.15, 0.2) is 11.8 Å². The number of hydrogen-bond donors (Lipinski definition) is 1. The standard InChI is InChI=1S/C12H22O2/c1-6-9(4)10(5)12(14)7-11(13)8(2)3/h7-10,13H,6H2,1-5H3. The van der Waals surface area contributed by atoms with Gasteiger partial charge < -0.3 is 5.11 Å². The maximum atomic E-state index is 11.6. The zero-order valence-corrected chi connectivity index (χ0v) is 9.87. The highest BCUT2D eigenvalue weighted by Crippen LogP contribution is 2.17. The van der Waals surface area contributed by atoms with E-state index in [2.05, 4.69) is 13.8 Å². The molecule has 0 heterocycles. The molecule has 0 saturated carbocycles. The summed E-state index contributed by atoms with van der Waals surface area (Å²) in [6.07, 6.45) is 2.37. The van der Waals surface area contributed by atoms with Gasteiger partial charge in [0.05, 0.1) is 5.76 Å². The minimum Gasteiger partial charge on any atom is -0.512 e. The lowest BCUT2D eigenvalue weighted by atomic mass is 9.89. The molecule has 0 aliphatic rings. The molecule has 14 heavy (non-hydrogen) atoms. The molecule has 0 aromatic carbocycles. The van der Waals surface area contributed by atoms with Gasteiger partial charge in [-0.2, -0.15) is 0 Å². The Morgan fingerprint density at radius 1 is 1.29 bits per heavy atom. The van der Waals surface area contributed by atoms with Gasteiger partial charge in [0.1, 0.15) is 0 Å². The molecular weight excluding hydrogens is 176 g/mol. The van der Waals surface area contributed by atoms with Crippen LogP contribution in [0.3, 0.4) is 0 Å². The molecule has 0 amide bonds. The fourth-order valence-corrected chi connectivity index (χ4v) is 1.08. The second-order valence-corrected chi connectivity index (χ2v) is 4.30. The molecule has 2 atom stereocenters. The summed E-state index contributed by atoms with van der Waals surface area (Å²) in [6, 6.07) is 0. The molecule has 0 aromatic heterocycles. The third kappa shape index (κ3) is 3.95. The molecule has 2 heteroatoms. The number of allylic oxidation sites excluding steroid dienone is 2. The van der Waals surface area contributed by atoms with Crippen molar-refractivity contribution in [2.45, 2.75) is 41.0 Å². The van der Waals surface area contributed by atoms with Gasteiger partial charge in [0.2, 0.25) is 0 Å². The zero-order chi connectivity index (χ0) is 11.3. The Balaban J connectivity index is 4.41. The van der Waals surface area contributed by atoms with Gasteiger partial charge in [-0.05, 0) is 5.92 Å². The van der Waals surface area contributed by atoms with Crippen LogP contribution in [0, 0.1) is 17.8 Å². The quantitative estimate of drug-likeness (QED) is 0.543. The van der Waals surface area contributed by atoms with E-state index in [1.807, 2.05) is 20.8 Å². The van der Waals surface area contributed by atoms with Gasteiger partial charge in [-0.3, -0.25) is 4.79 Å². The fourth-order valence-electron chi connectivity index (χ4n) is 1.08. The van der Waals surface area contributed by atoms with E-state index in [1.54, 1.807) is 0 Å². The predicted molar refractivity (Wildman–Crippen MR) is 59.2 cm³/mol. The van der Waals surface area contributed by atoms with Crippen LogP contribution in [0.5, 0.6) is 0 Å². The van der Waals surface area contributed by atoms with E-state index in [0.717, 1.165) is 6.42 Å². The Labute approximate surface area is 87.0 Å². The summed E-state index contributed by atoms with van der Waals surface area (Å²) >= 11 is 0. The van der Waals surface area contributed by atoms with Crippen molar-refractivity contribution in [3.8, 4) is 0 Å². The number of aliphatic hydroxyl groups is 1. The smallest absolute Gasteiger partial charge is 0.162 e. The van der Waals surface area contributed by atoms with E-state index < -0.39 is 0 Å². The number of rotatable bonds is 5. The van der Waals surface area contributed by atoms with Crippen molar-refractivity contribution < 1.29 is 9.90 Å². The number of ketones is 1. The highest BCUT2D eigenvalue weighted by Gasteiger charge is 2.17. The molecule has 1 N–H and O–H groups in total. The van der Waals surface area contributed by atoms with Crippen LogP contribution in [0.1, 0.15) is 41.0 Å². The van der Waals surface area contributed by atoms with Gasteiger partial charge >= 0.3 is 0 Å². The summed E-state index contributed by atoms with van der Waals surface area (Å²) in [5.41, 5.74) is 0. The summed E-state index contributed by atoms with van der Waals surface area (Å²) in [4.78, 5) is 11.6. The van der Waals surface area contributed by atoms with Crippen molar-refractivity contribution in [3.63, 3.8) is 0 Å². The summed E-state index contributed by atoms with van der Waals surface area (Å²) in [7, 11) is 0. The largest absolute Gasteiger partial charge is 0.512 e. The summed E-state index contributed by atoms with van der Waals surface area (Å²) in [6.45, 7) is 9.78. The monoisotopic (exact) mass is 198 g/mol. The van der Waals surface area contributed by atoms with Crippen LogP contribution < -0.4 is 0 Å². The molecule has 0 saturated heterocycles. The third-order valence-corrected chi connectivity index (χ3v) is 2.83. The number of aliphatic hydroxyl groups excluding tert-OH is 1. The van der Waals surface area contributed by atoms with Crippen LogP contribution in [0.4, 0.5) is 0 Å². The van der Waals surface area contributed by atoms with Crippen molar-refractivity contribution >= 4 is 5.78 Å². The first-order valence-corrected chi connectivity index (χ1v) is 5.34. The Morgan fingerprint density at radius 2 is 1.79 bits per heavy atom. The predicted octanol–water partition coefficient (Wildman–Crippen LogP) is 3.34. The molecule has 0 aromatic rings. The average molecular weight is 198 g/mol. The second-order valence-electron chi connectivity index (χ2n) is 4.30. The first-order valence-electron chi connectivity index (χ1n) is 5.34. The van der Waals surface area contributed by atoms with Crippen LogP contribution in [0.25, 0.3) is 0 Å². The van der Waals surface area contributed by atoms with E-state index in [4.69, 9.17) is 0 Å². The Hall–Kier alpha value is -0.790. The first kappa shape index (κ1) is 13.2. The van der Waals surface area contributed by atoms with E-state index in [1.165, 1.54) is 6.08 Å². The number of carbonyl (C=O) groups is 1. The zero-order valence-electron chi connectivity index (χ0n) is 9.87. The Kier molecular flexibility index (Phi) is 5.51. The minimum atomic E-state index is 0.000833. The summed E-state index contributed by atoms with van der Waals surface area (Å²) in [5.74, 6) is 0.624. The minimum absolute atomic E-state index is 0.000833. The molecule has 0 bridgehead atoms. The summed E-state index contributed by atoms with van der Waals surface area (Å²) in [5, 5.41) is 9.44. The van der Waals surface area contributed by atoms with Crippen molar-refractivity contribution in [3.05, 3.63) is 11.8 Å². The highest BCUT2D eigenvalue weighted by atomic mass is 16.3. The molecule has 0 radical (unpaired) electrons. The second kappa shape index (κ2) is 5.84. The molecule has 82 valence electrons. The molecular formula is C12H22O2. The normalized spacial score (nSPS) is 16.9. The Morgan fingerprint density at radius 3 is 2.14 bits per heavy atom. The number of carbonyl (C=O) groups excluding carboxylic acids is 1. The topological polar surface area (TPSA) is 37.3 Å². The van der Waals surface area contributed by atoms with E-state index in [9.17, 15) is 9.90 Å². The molecule has 0 aliphatic carbocycles. The van der Waals surface area contributed by atoms with Gasteiger partial charge in [-0.25, -0.2) is 0 Å². The van der Waals surface area contributed by atoms with E-state index >= 15 is 0 Å². The van der Waals surface area contributed by atoms with Crippen molar-refractivity contribution in [1.82, 2.24) is 0 Å². The lowest BCUT2D eigenvalue weighted by Gasteiger charge is -2.15. The molecule has 0 spiro atoms. The molecule has 2 nitrogen and oxygen atoms in total. The van der Waals surface area contributed by atoms with Crippen molar-refractivity contribution in [2.75, 3.05) is 0 Å². The molecule has 2 unspecified atom stereocenters. The van der Waals surface area contributed by atoms with Gasteiger partial charge in [0.25, 0.3) is 0 Å². The van der Waals surface area contributed by atoms with Gasteiger partial charge in [0, 0.05) is 17.9 Å². The van der Waals surface area contributed by atoms with Gasteiger partial charge in [-0.15, -0.1) is 0 Å². The third-order valence-electron chi connectivity index (χ3n) is 2.83. The van der Waals surface area contributed by atoms with Crippen molar-refractivity contribution in [2.24, 2.45) is 17.8 Å². The lowest BCUT2D eigenvalue weighted by Crippen LogP contribution is -2.17. The average Bonchev–Trinajstić information content (AvgIpc) is 2.14. The lowest BCUT2D eigenvalue weighted by molar-refractivity contribution is -0.119. The molecule has 0 fully saturated rings. The SMILES string of the molecule is CCC(C)C(C)C(=O)C=C(O)C(C)C. The summed E-state index contributed by atoms with van der Waals surface area (Å²) < 4.78 is 0. The molecule has 0 rings (SSSR count). The molecule has 0 aliphatic heterocycles.